The molecule has 1 aliphatic rings. The summed E-state index contributed by atoms with van der Waals surface area (Å²) in [5.41, 5.74) is 5.63. The van der Waals surface area contributed by atoms with Gasteiger partial charge >= 0.3 is 0 Å². The van der Waals surface area contributed by atoms with Gasteiger partial charge < -0.3 is 5.11 Å². The maximum atomic E-state index is 10.6. The molecule has 1 aliphatic heterocycles. The number of nitrogens with zero attached hydrogens (tertiary/aromatic N) is 5. The Morgan fingerprint density at radius 3 is 2.79 bits per heavy atom. The van der Waals surface area contributed by atoms with Crippen LogP contribution in [0.15, 0.2) is 42.6 Å². The molecule has 4 rings (SSSR count). The van der Waals surface area contributed by atoms with Gasteiger partial charge in [0.2, 0.25) is 0 Å². The van der Waals surface area contributed by atoms with Crippen molar-refractivity contribution in [1.29, 1.82) is 0 Å². The Hall–Kier alpha value is -2.44. The fraction of sp³-hybridized carbons (Fsp3) is 0.455. The fourth-order valence-corrected chi connectivity index (χ4v) is 3.90. The van der Waals surface area contributed by atoms with Crippen LogP contribution in [0.3, 0.4) is 0 Å². The van der Waals surface area contributed by atoms with Crippen LogP contribution in [0.4, 0.5) is 0 Å². The second-order valence-corrected chi connectivity index (χ2v) is 7.68. The number of aryl methyl sites for hydroxylation is 1. The number of fused-ring (bicyclic) bond motifs is 1. The SMILES string of the molecule is CCCn1ncc(CN2CCn3nc(C(O)Cc4ccccc4)cc3C2)c1C. The molecule has 3 heterocycles. The van der Waals surface area contributed by atoms with E-state index < -0.39 is 6.10 Å². The third-order valence-electron chi connectivity index (χ3n) is 5.54. The molecule has 0 radical (unpaired) electrons. The first-order valence-corrected chi connectivity index (χ1v) is 10.2. The summed E-state index contributed by atoms with van der Waals surface area (Å²) in [6.45, 7) is 8.88. The number of benzene rings is 1. The Labute approximate surface area is 166 Å². The van der Waals surface area contributed by atoms with Gasteiger partial charge in [0.15, 0.2) is 0 Å². The molecular formula is C22H29N5O. The van der Waals surface area contributed by atoms with E-state index in [2.05, 4.69) is 39.7 Å². The van der Waals surface area contributed by atoms with Crippen LogP contribution in [0.25, 0.3) is 0 Å². The quantitative estimate of drug-likeness (QED) is 0.685. The number of hydrogen-bond donors (Lipinski definition) is 1. The summed E-state index contributed by atoms with van der Waals surface area (Å²) in [7, 11) is 0. The lowest BCUT2D eigenvalue weighted by Gasteiger charge is -2.27. The predicted molar refractivity (Wildman–Crippen MR) is 109 cm³/mol. The molecule has 6 heteroatoms. The Morgan fingerprint density at radius 1 is 1.18 bits per heavy atom. The van der Waals surface area contributed by atoms with Crippen LogP contribution in [-0.4, -0.2) is 36.1 Å². The van der Waals surface area contributed by atoms with Gasteiger partial charge in [-0.1, -0.05) is 37.3 Å². The first-order chi connectivity index (χ1) is 13.6. The molecule has 1 atom stereocenters. The molecule has 0 aliphatic carbocycles. The molecule has 1 unspecified atom stereocenters. The van der Waals surface area contributed by atoms with Crippen molar-refractivity contribution in [3.05, 3.63) is 70.8 Å². The Morgan fingerprint density at radius 2 is 2.00 bits per heavy atom. The van der Waals surface area contributed by atoms with Crippen LogP contribution >= 0.6 is 0 Å². The van der Waals surface area contributed by atoms with E-state index in [0.29, 0.717) is 6.42 Å². The van der Waals surface area contributed by atoms with Gasteiger partial charge in [-0.05, 0) is 25.0 Å². The molecule has 3 aromatic rings. The molecule has 6 nitrogen and oxygen atoms in total. The minimum absolute atomic E-state index is 0.566. The van der Waals surface area contributed by atoms with Gasteiger partial charge in [0.05, 0.1) is 24.1 Å². The minimum Gasteiger partial charge on any atom is -0.386 e. The molecule has 0 amide bonds. The Balaban J connectivity index is 1.42. The van der Waals surface area contributed by atoms with E-state index in [1.54, 1.807) is 0 Å². The van der Waals surface area contributed by atoms with E-state index in [0.717, 1.165) is 50.4 Å². The van der Waals surface area contributed by atoms with Gasteiger partial charge in [0.25, 0.3) is 0 Å². The van der Waals surface area contributed by atoms with Crippen LogP contribution in [0.2, 0.25) is 0 Å². The second-order valence-electron chi connectivity index (χ2n) is 7.68. The van der Waals surface area contributed by atoms with E-state index >= 15 is 0 Å². The Bertz CT molecular complexity index is 914. The molecular weight excluding hydrogens is 350 g/mol. The first kappa shape index (κ1) is 18.9. The van der Waals surface area contributed by atoms with Gasteiger partial charge in [-0.2, -0.15) is 10.2 Å². The molecule has 0 fully saturated rings. The third-order valence-corrected chi connectivity index (χ3v) is 5.54. The van der Waals surface area contributed by atoms with Crippen molar-refractivity contribution >= 4 is 0 Å². The molecule has 0 saturated heterocycles. The monoisotopic (exact) mass is 379 g/mol. The number of aromatic nitrogens is 4. The van der Waals surface area contributed by atoms with Crippen molar-refractivity contribution in [2.24, 2.45) is 0 Å². The first-order valence-electron chi connectivity index (χ1n) is 10.2. The average molecular weight is 380 g/mol. The van der Waals surface area contributed by atoms with Crippen LogP contribution in [0.5, 0.6) is 0 Å². The number of hydrogen-bond acceptors (Lipinski definition) is 4. The fourth-order valence-electron chi connectivity index (χ4n) is 3.90. The van der Waals surface area contributed by atoms with E-state index in [-0.39, 0.29) is 0 Å². The van der Waals surface area contributed by atoms with Gasteiger partial charge in [-0.3, -0.25) is 14.3 Å². The number of aliphatic hydroxyl groups is 1. The van der Waals surface area contributed by atoms with Gasteiger partial charge in [-0.25, -0.2) is 0 Å². The van der Waals surface area contributed by atoms with Crippen molar-refractivity contribution in [2.75, 3.05) is 6.54 Å². The van der Waals surface area contributed by atoms with Crippen LogP contribution in [0, 0.1) is 6.92 Å². The summed E-state index contributed by atoms with van der Waals surface area (Å²) in [4.78, 5) is 2.44. The van der Waals surface area contributed by atoms with Crippen LogP contribution in [0.1, 0.15) is 47.7 Å². The Kier molecular flexibility index (Phi) is 5.59. The van der Waals surface area contributed by atoms with Gasteiger partial charge in [0, 0.05) is 43.9 Å². The van der Waals surface area contributed by atoms with Crippen molar-refractivity contribution in [3.63, 3.8) is 0 Å². The summed E-state index contributed by atoms with van der Waals surface area (Å²) in [5, 5.41) is 19.8. The summed E-state index contributed by atoms with van der Waals surface area (Å²) >= 11 is 0. The molecule has 1 aromatic carbocycles. The topological polar surface area (TPSA) is 59.1 Å². The van der Waals surface area contributed by atoms with Crippen LogP contribution in [-0.2, 0) is 32.6 Å². The lowest BCUT2D eigenvalue weighted by molar-refractivity contribution is 0.171. The predicted octanol–water partition coefficient (Wildman–Crippen LogP) is 3.09. The third kappa shape index (κ3) is 4.03. The largest absolute Gasteiger partial charge is 0.386 e. The van der Waals surface area contributed by atoms with Crippen molar-refractivity contribution < 1.29 is 5.11 Å². The summed E-state index contributed by atoms with van der Waals surface area (Å²) < 4.78 is 4.15. The van der Waals surface area contributed by atoms with Crippen molar-refractivity contribution in [1.82, 2.24) is 24.5 Å². The summed E-state index contributed by atoms with van der Waals surface area (Å²) in [6, 6.07) is 12.1. The average Bonchev–Trinajstić information content (AvgIpc) is 3.27. The zero-order chi connectivity index (χ0) is 19.5. The summed E-state index contributed by atoms with van der Waals surface area (Å²) in [6.07, 6.45) is 3.13. The van der Waals surface area contributed by atoms with E-state index in [1.165, 1.54) is 17.0 Å². The molecule has 0 saturated carbocycles. The molecule has 0 bridgehead atoms. The van der Waals surface area contributed by atoms with Crippen molar-refractivity contribution in [3.8, 4) is 0 Å². The second kappa shape index (κ2) is 8.29. The normalized spacial score (nSPS) is 15.5. The standard InChI is InChI=1S/C22H29N5O/c1-3-9-26-17(2)19(14-23-26)15-25-10-11-27-20(16-25)13-21(24-27)22(28)12-18-7-5-4-6-8-18/h4-8,13-14,22,28H,3,9-12,15-16H2,1-2H3. The molecule has 0 spiro atoms. The van der Waals surface area contributed by atoms with Crippen molar-refractivity contribution in [2.45, 2.75) is 59.0 Å². The van der Waals surface area contributed by atoms with Crippen LogP contribution < -0.4 is 0 Å². The van der Waals surface area contributed by atoms with Gasteiger partial charge in [0.1, 0.15) is 6.10 Å². The lowest BCUT2D eigenvalue weighted by atomic mass is 10.1. The maximum absolute atomic E-state index is 10.6. The lowest BCUT2D eigenvalue weighted by Crippen LogP contribution is -2.33. The van der Waals surface area contributed by atoms with E-state index in [9.17, 15) is 5.11 Å². The van der Waals surface area contributed by atoms with Gasteiger partial charge in [-0.15, -0.1) is 0 Å². The summed E-state index contributed by atoms with van der Waals surface area (Å²) in [5.74, 6) is 0. The molecule has 148 valence electrons. The maximum Gasteiger partial charge on any atom is 0.102 e. The zero-order valence-corrected chi connectivity index (χ0v) is 16.8. The van der Waals surface area contributed by atoms with E-state index in [4.69, 9.17) is 0 Å². The highest BCUT2D eigenvalue weighted by molar-refractivity contribution is 5.21. The highest BCUT2D eigenvalue weighted by Crippen LogP contribution is 2.22. The highest BCUT2D eigenvalue weighted by atomic mass is 16.3. The highest BCUT2D eigenvalue weighted by Gasteiger charge is 2.22. The smallest absolute Gasteiger partial charge is 0.102 e. The number of rotatable bonds is 7. The molecule has 1 N–H and O–H groups in total. The zero-order valence-electron chi connectivity index (χ0n) is 16.8. The number of aliphatic hydroxyl groups excluding tert-OH is 1. The molecule has 28 heavy (non-hydrogen) atoms. The molecule has 2 aromatic heterocycles. The minimum atomic E-state index is -0.566. The van der Waals surface area contributed by atoms with E-state index in [1.807, 2.05) is 41.2 Å².